The minimum Gasteiger partial charge on any atom is -0.497 e. The van der Waals surface area contributed by atoms with Crippen LogP contribution in [0.4, 0.5) is 5.69 Å². The zero-order chi connectivity index (χ0) is 26.0. The molecule has 0 aromatic heterocycles. The lowest BCUT2D eigenvalue weighted by Crippen LogP contribution is -2.57. The fourth-order valence-electron chi connectivity index (χ4n) is 7.70. The van der Waals surface area contributed by atoms with E-state index in [2.05, 4.69) is 5.01 Å². The van der Waals surface area contributed by atoms with Gasteiger partial charge in [0.25, 0.3) is 11.8 Å². The van der Waals surface area contributed by atoms with E-state index in [1.54, 1.807) is 36.4 Å². The molecule has 0 spiro atoms. The quantitative estimate of drug-likeness (QED) is 0.582. The van der Waals surface area contributed by atoms with E-state index < -0.39 is 12.0 Å². The normalized spacial score (nSPS) is 29.2. The van der Waals surface area contributed by atoms with E-state index in [-0.39, 0.29) is 23.8 Å². The zero-order valence-corrected chi connectivity index (χ0v) is 22.1. The molecular formula is C30H35N3O4. The SMILES string of the molecule is COc1ccc(C(=O)N2[C@H]3C(=O)N(c4c(C)cc(C)cc4C)C(=O)[C@H]3[C@H]3C4CCCCC4CCN32)cc1. The van der Waals surface area contributed by atoms with Gasteiger partial charge in [0.15, 0.2) is 0 Å². The molecule has 5 atom stereocenters. The molecule has 2 aromatic carbocycles. The molecule has 4 aliphatic rings. The number of carbonyl (C=O) groups excluding carboxylic acids is 3. The number of benzene rings is 2. The third-order valence-electron chi connectivity index (χ3n) is 9.11. The van der Waals surface area contributed by atoms with Crippen molar-refractivity contribution >= 4 is 23.4 Å². The van der Waals surface area contributed by atoms with Gasteiger partial charge in [0, 0.05) is 18.2 Å². The van der Waals surface area contributed by atoms with Gasteiger partial charge in [-0.3, -0.25) is 19.4 Å². The number of carbonyl (C=O) groups is 3. The Labute approximate surface area is 218 Å². The first-order chi connectivity index (χ1) is 17.8. The molecule has 0 N–H and O–H groups in total. The molecule has 7 nitrogen and oxygen atoms in total. The molecule has 37 heavy (non-hydrogen) atoms. The van der Waals surface area contributed by atoms with Gasteiger partial charge in [-0.05, 0) is 80.8 Å². The highest BCUT2D eigenvalue weighted by Crippen LogP contribution is 2.51. The maximum atomic E-state index is 14.2. The van der Waals surface area contributed by atoms with Gasteiger partial charge in [-0.1, -0.05) is 37.0 Å². The number of piperidine rings is 1. The van der Waals surface area contributed by atoms with Crippen molar-refractivity contribution in [3.8, 4) is 5.75 Å². The fourth-order valence-corrected chi connectivity index (χ4v) is 7.70. The number of ether oxygens (including phenoxy) is 1. The number of nitrogens with zero attached hydrogens (tertiary/aromatic N) is 3. The Morgan fingerprint density at radius 2 is 1.59 bits per heavy atom. The van der Waals surface area contributed by atoms with Crippen molar-refractivity contribution in [3.05, 3.63) is 58.7 Å². The maximum absolute atomic E-state index is 14.2. The third kappa shape index (κ3) is 3.62. The molecular weight excluding hydrogens is 466 g/mol. The Morgan fingerprint density at radius 1 is 0.919 bits per heavy atom. The second kappa shape index (κ2) is 8.98. The largest absolute Gasteiger partial charge is 0.497 e. The number of fused-ring (bicyclic) bond motifs is 5. The smallest absolute Gasteiger partial charge is 0.268 e. The van der Waals surface area contributed by atoms with Gasteiger partial charge in [-0.15, -0.1) is 0 Å². The molecule has 3 heterocycles. The van der Waals surface area contributed by atoms with Crippen LogP contribution in [0.2, 0.25) is 0 Å². The molecule has 194 valence electrons. The first kappa shape index (κ1) is 24.2. The van der Waals surface area contributed by atoms with E-state index in [0.717, 1.165) is 36.0 Å². The molecule has 6 rings (SSSR count). The van der Waals surface area contributed by atoms with E-state index in [1.807, 2.05) is 32.9 Å². The number of hydrogen-bond donors (Lipinski definition) is 0. The predicted molar refractivity (Wildman–Crippen MR) is 140 cm³/mol. The fraction of sp³-hybridized carbons (Fsp3) is 0.500. The van der Waals surface area contributed by atoms with Crippen LogP contribution in [0, 0.1) is 38.5 Å². The monoisotopic (exact) mass is 501 g/mol. The summed E-state index contributed by atoms with van der Waals surface area (Å²) in [5.41, 5.74) is 4.08. The van der Waals surface area contributed by atoms with Crippen molar-refractivity contribution in [3.63, 3.8) is 0 Å². The minimum absolute atomic E-state index is 0.126. The Balaban J connectivity index is 1.45. The number of rotatable bonds is 3. The summed E-state index contributed by atoms with van der Waals surface area (Å²) in [7, 11) is 1.59. The molecule has 0 bridgehead atoms. The Hall–Kier alpha value is -3.19. The van der Waals surface area contributed by atoms with Crippen molar-refractivity contribution in [1.29, 1.82) is 0 Å². The van der Waals surface area contributed by atoms with Gasteiger partial charge in [0.2, 0.25) is 5.91 Å². The van der Waals surface area contributed by atoms with Crippen LogP contribution in [0.3, 0.4) is 0 Å². The number of hydrogen-bond acceptors (Lipinski definition) is 5. The minimum atomic E-state index is -0.812. The van der Waals surface area contributed by atoms with E-state index >= 15 is 0 Å². The number of anilines is 1. The molecule has 0 radical (unpaired) electrons. The molecule has 7 heteroatoms. The highest BCUT2D eigenvalue weighted by atomic mass is 16.5. The summed E-state index contributed by atoms with van der Waals surface area (Å²) in [5.74, 6) is 0.327. The summed E-state index contributed by atoms with van der Waals surface area (Å²) in [6, 6.07) is 10.1. The lowest BCUT2D eigenvalue weighted by atomic mass is 9.68. The number of amides is 3. The topological polar surface area (TPSA) is 70.2 Å². The molecule has 3 amide bonds. The first-order valence-corrected chi connectivity index (χ1v) is 13.5. The number of methoxy groups -OCH3 is 1. The standard InChI is InChI=1S/C30H35N3O4/c1-17-15-18(2)25(19(3)16-17)32-29(35)24-26-23-8-6-5-7-20(23)13-14-31(26)33(27(24)30(32)36)28(34)21-9-11-22(37-4)12-10-21/h9-12,15-16,20,23-24,26-27H,5-8,13-14H2,1-4H3/t20?,23?,24-,26+,27+/m0/s1. The molecule has 1 saturated carbocycles. The lowest BCUT2D eigenvalue weighted by molar-refractivity contribution is -0.129. The second-order valence-electron chi connectivity index (χ2n) is 11.3. The van der Waals surface area contributed by atoms with Crippen LogP contribution in [-0.2, 0) is 9.59 Å². The van der Waals surface area contributed by atoms with Gasteiger partial charge in [0.1, 0.15) is 11.8 Å². The van der Waals surface area contributed by atoms with Gasteiger partial charge in [-0.25, -0.2) is 9.91 Å². The van der Waals surface area contributed by atoms with Crippen LogP contribution in [0.15, 0.2) is 36.4 Å². The van der Waals surface area contributed by atoms with E-state index in [1.165, 1.54) is 17.7 Å². The van der Waals surface area contributed by atoms with Crippen molar-refractivity contribution in [2.75, 3.05) is 18.6 Å². The van der Waals surface area contributed by atoms with Gasteiger partial charge in [-0.2, -0.15) is 0 Å². The Morgan fingerprint density at radius 3 is 2.27 bits per heavy atom. The summed E-state index contributed by atoms with van der Waals surface area (Å²) in [6.45, 7) is 6.62. The molecule has 2 unspecified atom stereocenters. The summed E-state index contributed by atoms with van der Waals surface area (Å²) in [5, 5.41) is 3.75. The van der Waals surface area contributed by atoms with Crippen LogP contribution >= 0.6 is 0 Å². The van der Waals surface area contributed by atoms with Crippen LogP contribution in [0.1, 0.15) is 59.2 Å². The Bertz CT molecular complexity index is 1250. The Kier molecular flexibility index (Phi) is 5.86. The van der Waals surface area contributed by atoms with Gasteiger partial charge >= 0.3 is 0 Å². The van der Waals surface area contributed by atoms with Crippen molar-refractivity contribution < 1.29 is 19.1 Å². The first-order valence-electron chi connectivity index (χ1n) is 13.5. The van der Waals surface area contributed by atoms with Gasteiger partial charge in [0.05, 0.1) is 18.7 Å². The maximum Gasteiger partial charge on any atom is 0.268 e. The zero-order valence-electron chi connectivity index (χ0n) is 22.1. The number of aryl methyl sites for hydroxylation is 3. The van der Waals surface area contributed by atoms with E-state index in [4.69, 9.17) is 4.74 Å². The molecule has 3 aliphatic heterocycles. The molecule has 4 fully saturated rings. The molecule has 3 saturated heterocycles. The summed E-state index contributed by atoms with van der Waals surface area (Å²) < 4.78 is 5.27. The summed E-state index contributed by atoms with van der Waals surface area (Å²) in [4.78, 5) is 43.9. The highest BCUT2D eigenvalue weighted by molar-refractivity contribution is 6.25. The third-order valence-corrected chi connectivity index (χ3v) is 9.11. The van der Waals surface area contributed by atoms with Crippen LogP contribution < -0.4 is 9.64 Å². The molecule has 1 aliphatic carbocycles. The highest BCUT2D eigenvalue weighted by Gasteiger charge is 2.66. The van der Waals surface area contributed by atoms with Crippen LogP contribution in [0.5, 0.6) is 5.75 Å². The predicted octanol–water partition coefficient (Wildman–Crippen LogP) is 4.43. The average Bonchev–Trinajstić information content (AvgIpc) is 3.36. The van der Waals surface area contributed by atoms with E-state index in [9.17, 15) is 14.4 Å². The van der Waals surface area contributed by atoms with Gasteiger partial charge < -0.3 is 4.74 Å². The lowest BCUT2D eigenvalue weighted by Gasteiger charge is -2.47. The molecule has 2 aromatic rings. The van der Waals surface area contributed by atoms with Crippen LogP contribution in [-0.4, -0.2) is 53.5 Å². The van der Waals surface area contributed by atoms with Crippen molar-refractivity contribution in [1.82, 2.24) is 10.0 Å². The van der Waals surface area contributed by atoms with Crippen molar-refractivity contribution in [2.24, 2.45) is 17.8 Å². The average molecular weight is 502 g/mol. The summed E-state index contributed by atoms with van der Waals surface area (Å²) in [6.07, 6.45) is 5.56. The van der Waals surface area contributed by atoms with E-state index in [0.29, 0.717) is 35.4 Å². The summed E-state index contributed by atoms with van der Waals surface area (Å²) >= 11 is 0. The van der Waals surface area contributed by atoms with Crippen LogP contribution in [0.25, 0.3) is 0 Å². The number of hydrazine groups is 1. The number of imide groups is 1. The van der Waals surface area contributed by atoms with Crippen molar-refractivity contribution in [2.45, 2.75) is 65.0 Å². The second-order valence-corrected chi connectivity index (χ2v) is 11.3.